The number of rotatable bonds is 7. The summed E-state index contributed by atoms with van der Waals surface area (Å²) in [5.41, 5.74) is 1.23. The maximum Gasteiger partial charge on any atom is 0.509 e. The van der Waals surface area contributed by atoms with Gasteiger partial charge in [0, 0.05) is 13.0 Å². The highest BCUT2D eigenvalue weighted by Crippen LogP contribution is 2.06. The molecular weight excluding hydrogens is 268 g/mol. The summed E-state index contributed by atoms with van der Waals surface area (Å²) >= 11 is 0. The van der Waals surface area contributed by atoms with E-state index in [9.17, 15) is 4.79 Å². The number of aliphatic hydroxyl groups excluding tert-OH is 1. The molecule has 4 heteroatoms. The van der Waals surface area contributed by atoms with E-state index in [1.165, 1.54) is 12.7 Å². The zero-order valence-corrected chi connectivity index (χ0v) is 12.4. The summed E-state index contributed by atoms with van der Waals surface area (Å²) in [4.78, 5) is 11.1. The van der Waals surface area contributed by atoms with Crippen molar-refractivity contribution < 1.29 is 19.4 Å². The van der Waals surface area contributed by atoms with Crippen LogP contribution in [0.3, 0.4) is 0 Å². The molecule has 0 saturated heterocycles. The fraction of sp³-hybridized carbons (Fsp3) is 0.471. The van der Waals surface area contributed by atoms with Gasteiger partial charge >= 0.3 is 6.16 Å². The third-order valence-corrected chi connectivity index (χ3v) is 2.92. The molecule has 0 fully saturated rings. The maximum absolute atomic E-state index is 11.1. The van der Waals surface area contributed by atoms with E-state index in [-0.39, 0.29) is 6.61 Å². The number of carbonyl (C=O) groups excluding carboxylic acids is 1. The smallest absolute Gasteiger partial charge is 0.438 e. The first kappa shape index (κ1) is 17.1. The van der Waals surface area contributed by atoms with Crippen LogP contribution in [0.5, 0.6) is 0 Å². The van der Waals surface area contributed by atoms with E-state index in [0.29, 0.717) is 19.3 Å². The van der Waals surface area contributed by atoms with E-state index in [1.807, 2.05) is 18.2 Å². The minimum atomic E-state index is -0.721. The zero-order chi connectivity index (χ0) is 15.3. The van der Waals surface area contributed by atoms with Crippen LogP contribution in [0.1, 0.15) is 31.2 Å². The number of aliphatic hydroxyl groups is 1. The summed E-state index contributed by atoms with van der Waals surface area (Å²) in [5.74, 6) is 6.00. The number of carbonyl (C=O) groups is 1. The molecule has 1 aromatic rings. The van der Waals surface area contributed by atoms with Crippen molar-refractivity contribution in [1.82, 2.24) is 0 Å². The van der Waals surface area contributed by atoms with Gasteiger partial charge in [-0.3, -0.25) is 0 Å². The van der Waals surface area contributed by atoms with Crippen molar-refractivity contribution >= 4 is 6.16 Å². The van der Waals surface area contributed by atoms with Crippen LogP contribution < -0.4 is 0 Å². The minimum Gasteiger partial charge on any atom is -0.438 e. The molecule has 1 aromatic carbocycles. The summed E-state index contributed by atoms with van der Waals surface area (Å²) in [6.07, 6.45) is 2.42. The van der Waals surface area contributed by atoms with Gasteiger partial charge in [0.2, 0.25) is 0 Å². The number of benzene rings is 1. The fourth-order valence-corrected chi connectivity index (χ4v) is 1.80. The molecule has 0 spiro atoms. The van der Waals surface area contributed by atoms with Crippen LogP contribution in [0.2, 0.25) is 0 Å². The monoisotopic (exact) mass is 290 g/mol. The van der Waals surface area contributed by atoms with Crippen LogP contribution in [0.15, 0.2) is 30.3 Å². The molecule has 0 radical (unpaired) electrons. The SMILES string of the molecule is COC(=O)OC(C#CCCc1ccccc1)CCCCO. The molecule has 0 aromatic heterocycles. The van der Waals surface area contributed by atoms with Crippen LogP contribution >= 0.6 is 0 Å². The van der Waals surface area contributed by atoms with E-state index in [0.717, 1.165) is 12.8 Å². The predicted octanol–water partition coefficient (Wildman–Crippen LogP) is 2.94. The number of unbranched alkanes of at least 4 members (excludes halogenated alkanes) is 1. The van der Waals surface area contributed by atoms with Gasteiger partial charge in [-0.05, 0) is 31.2 Å². The third kappa shape index (κ3) is 8.01. The molecule has 4 nitrogen and oxygen atoms in total. The summed E-state index contributed by atoms with van der Waals surface area (Å²) < 4.78 is 9.57. The van der Waals surface area contributed by atoms with Crippen molar-refractivity contribution in [2.45, 2.75) is 38.2 Å². The molecule has 1 rings (SSSR count). The first-order valence-corrected chi connectivity index (χ1v) is 7.14. The highest BCUT2D eigenvalue weighted by atomic mass is 16.7. The second-order valence-electron chi connectivity index (χ2n) is 4.59. The largest absolute Gasteiger partial charge is 0.509 e. The van der Waals surface area contributed by atoms with E-state index >= 15 is 0 Å². The van der Waals surface area contributed by atoms with Gasteiger partial charge in [-0.25, -0.2) is 4.79 Å². The molecule has 0 aliphatic heterocycles. The van der Waals surface area contributed by atoms with Crippen molar-refractivity contribution in [3.8, 4) is 11.8 Å². The Bertz CT molecular complexity index is 459. The Labute approximate surface area is 126 Å². The summed E-state index contributed by atoms with van der Waals surface area (Å²) in [7, 11) is 1.27. The molecule has 0 bridgehead atoms. The van der Waals surface area contributed by atoms with E-state index < -0.39 is 12.3 Å². The van der Waals surface area contributed by atoms with Crippen molar-refractivity contribution in [3.63, 3.8) is 0 Å². The summed E-state index contributed by atoms with van der Waals surface area (Å²) in [5, 5.41) is 8.78. The molecule has 0 aliphatic carbocycles. The number of aryl methyl sites for hydroxylation is 1. The molecule has 0 saturated carbocycles. The average molecular weight is 290 g/mol. The van der Waals surface area contributed by atoms with Gasteiger partial charge in [0.15, 0.2) is 6.10 Å². The Hall–Kier alpha value is -1.99. The van der Waals surface area contributed by atoms with Crippen molar-refractivity contribution in [2.24, 2.45) is 0 Å². The van der Waals surface area contributed by atoms with Crippen LogP contribution in [0.4, 0.5) is 4.79 Å². The van der Waals surface area contributed by atoms with Gasteiger partial charge in [-0.2, -0.15) is 0 Å². The quantitative estimate of drug-likeness (QED) is 0.476. The lowest BCUT2D eigenvalue weighted by Crippen LogP contribution is -2.16. The maximum atomic E-state index is 11.1. The first-order valence-electron chi connectivity index (χ1n) is 7.14. The van der Waals surface area contributed by atoms with Crippen LogP contribution in [-0.2, 0) is 15.9 Å². The predicted molar refractivity (Wildman–Crippen MR) is 80.8 cm³/mol. The third-order valence-electron chi connectivity index (χ3n) is 2.92. The van der Waals surface area contributed by atoms with Crippen LogP contribution in [-0.4, -0.2) is 31.1 Å². The molecule has 114 valence electrons. The van der Waals surface area contributed by atoms with Crippen molar-refractivity contribution in [2.75, 3.05) is 13.7 Å². The Kier molecular flexibility index (Phi) is 8.74. The van der Waals surface area contributed by atoms with Gasteiger partial charge in [0.05, 0.1) is 7.11 Å². The van der Waals surface area contributed by atoms with E-state index in [2.05, 4.69) is 28.7 Å². The number of methoxy groups -OCH3 is 1. The van der Waals surface area contributed by atoms with Crippen LogP contribution in [0.25, 0.3) is 0 Å². The Morgan fingerprint density at radius 2 is 2.05 bits per heavy atom. The Morgan fingerprint density at radius 3 is 2.71 bits per heavy atom. The molecule has 21 heavy (non-hydrogen) atoms. The standard InChI is InChI=1S/C17H22O4/c1-20-17(19)21-16(13-7-8-14-18)12-6-5-11-15-9-3-2-4-10-15/h2-4,9-10,16,18H,5,7-8,11,13-14H2,1H3. The number of ether oxygens (including phenoxy) is 2. The Balaban J connectivity index is 2.43. The van der Waals surface area contributed by atoms with Gasteiger partial charge in [-0.1, -0.05) is 42.2 Å². The average Bonchev–Trinajstić information content (AvgIpc) is 2.52. The molecule has 0 aliphatic rings. The zero-order valence-electron chi connectivity index (χ0n) is 12.4. The van der Waals surface area contributed by atoms with Gasteiger partial charge in [0.1, 0.15) is 0 Å². The summed E-state index contributed by atoms with van der Waals surface area (Å²) in [6, 6.07) is 10.1. The lowest BCUT2D eigenvalue weighted by atomic mass is 10.1. The van der Waals surface area contributed by atoms with Gasteiger partial charge in [0.25, 0.3) is 0 Å². The van der Waals surface area contributed by atoms with Gasteiger partial charge in [-0.15, -0.1) is 0 Å². The van der Waals surface area contributed by atoms with Gasteiger partial charge < -0.3 is 14.6 Å². The Morgan fingerprint density at radius 1 is 1.29 bits per heavy atom. The lowest BCUT2D eigenvalue weighted by molar-refractivity contribution is 0.0518. The number of hydrogen-bond acceptors (Lipinski definition) is 4. The highest BCUT2D eigenvalue weighted by molar-refractivity contribution is 5.60. The summed E-state index contributed by atoms with van der Waals surface area (Å²) in [6.45, 7) is 0.131. The van der Waals surface area contributed by atoms with Crippen molar-refractivity contribution in [3.05, 3.63) is 35.9 Å². The second-order valence-corrected chi connectivity index (χ2v) is 4.59. The molecular formula is C17H22O4. The van der Waals surface area contributed by atoms with E-state index in [1.54, 1.807) is 0 Å². The molecule has 1 unspecified atom stereocenters. The fourth-order valence-electron chi connectivity index (χ4n) is 1.80. The molecule has 1 N–H and O–H groups in total. The normalized spacial score (nSPS) is 11.1. The van der Waals surface area contributed by atoms with Crippen LogP contribution in [0, 0.1) is 11.8 Å². The molecule has 0 heterocycles. The topological polar surface area (TPSA) is 55.8 Å². The minimum absolute atomic E-state index is 0.131. The van der Waals surface area contributed by atoms with Crippen molar-refractivity contribution in [1.29, 1.82) is 0 Å². The molecule has 0 amide bonds. The second kappa shape index (κ2) is 10.8. The van der Waals surface area contributed by atoms with E-state index in [4.69, 9.17) is 9.84 Å². The lowest BCUT2D eigenvalue weighted by Gasteiger charge is -2.10. The number of hydrogen-bond donors (Lipinski definition) is 1. The first-order chi connectivity index (χ1) is 10.3. The molecule has 1 atom stereocenters. The highest BCUT2D eigenvalue weighted by Gasteiger charge is 2.11.